The first kappa shape index (κ1) is 13.9. The molecule has 0 bridgehead atoms. The van der Waals surface area contributed by atoms with Gasteiger partial charge in [-0.3, -0.25) is 14.9 Å². The number of benzene rings is 1. The second-order valence-electron chi connectivity index (χ2n) is 4.15. The lowest BCUT2D eigenvalue weighted by atomic mass is 10.1. The average molecular weight is 248 g/mol. The van der Waals surface area contributed by atoms with Crippen molar-refractivity contribution >= 4 is 17.7 Å². The summed E-state index contributed by atoms with van der Waals surface area (Å²) in [7, 11) is 0. The van der Waals surface area contributed by atoms with Crippen LogP contribution in [0, 0.1) is 10.1 Å². The quantitative estimate of drug-likeness (QED) is 0.336. The molecule has 0 fully saturated rings. The number of aldehydes is 1. The van der Waals surface area contributed by atoms with E-state index in [0.29, 0.717) is 24.1 Å². The van der Waals surface area contributed by atoms with E-state index >= 15 is 0 Å². The highest BCUT2D eigenvalue weighted by Gasteiger charge is 2.16. The number of anilines is 1. The third-order valence-corrected chi connectivity index (χ3v) is 2.61. The van der Waals surface area contributed by atoms with Gasteiger partial charge in [-0.05, 0) is 19.9 Å². The number of carbonyl (C=O) groups excluding carboxylic acids is 1. The molecule has 0 saturated carbocycles. The first-order chi connectivity index (χ1) is 8.51. The van der Waals surface area contributed by atoms with Gasteiger partial charge in [0.25, 0.3) is 5.69 Å². The highest BCUT2D eigenvalue weighted by Crippen LogP contribution is 2.25. The van der Waals surface area contributed by atoms with Crippen LogP contribution in [0.4, 0.5) is 11.4 Å². The Balaban J connectivity index is 3.25. The minimum absolute atomic E-state index is 0.0804. The molecule has 0 spiro atoms. The van der Waals surface area contributed by atoms with Crippen LogP contribution in [0.1, 0.15) is 24.2 Å². The van der Waals surface area contributed by atoms with Gasteiger partial charge in [0.1, 0.15) is 0 Å². The zero-order chi connectivity index (χ0) is 13.7. The summed E-state index contributed by atoms with van der Waals surface area (Å²) in [6, 6.07) is 4.47. The van der Waals surface area contributed by atoms with Crippen molar-refractivity contribution in [3.05, 3.63) is 46.5 Å². The number of nitro groups is 1. The summed E-state index contributed by atoms with van der Waals surface area (Å²) in [5, 5.41) is 10.7. The SMILES string of the molecule is C=CCN(c1ccc([N+](=O)[O-])cc1C=O)C(C)C. The third-order valence-electron chi connectivity index (χ3n) is 2.61. The molecule has 0 aliphatic rings. The van der Waals surface area contributed by atoms with Crippen LogP contribution >= 0.6 is 0 Å². The van der Waals surface area contributed by atoms with Gasteiger partial charge in [0.2, 0.25) is 0 Å². The summed E-state index contributed by atoms with van der Waals surface area (Å²) in [5.74, 6) is 0. The number of nitrogens with zero attached hydrogens (tertiary/aromatic N) is 2. The fraction of sp³-hybridized carbons (Fsp3) is 0.308. The van der Waals surface area contributed by atoms with Gasteiger partial charge in [0.05, 0.1) is 4.92 Å². The summed E-state index contributed by atoms with van der Waals surface area (Å²) >= 11 is 0. The predicted molar refractivity (Wildman–Crippen MR) is 71.2 cm³/mol. The zero-order valence-electron chi connectivity index (χ0n) is 10.5. The molecule has 0 amide bonds. The smallest absolute Gasteiger partial charge is 0.270 e. The molecule has 1 aromatic carbocycles. The standard InChI is InChI=1S/C13H16N2O3/c1-4-7-14(10(2)3)13-6-5-12(15(17)18)8-11(13)9-16/h4-6,8-10H,1,7H2,2-3H3. The van der Waals surface area contributed by atoms with E-state index in [2.05, 4.69) is 6.58 Å². The maximum Gasteiger partial charge on any atom is 0.270 e. The van der Waals surface area contributed by atoms with Crippen LogP contribution in [0.5, 0.6) is 0 Å². The highest BCUT2D eigenvalue weighted by molar-refractivity contribution is 5.86. The summed E-state index contributed by atoms with van der Waals surface area (Å²) < 4.78 is 0. The lowest BCUT2D eigenvalue weighted by Gasteiger charge is -2.28. The molecule has 5 heteroatoms. The Morgan fingerprint density at radius 2 is 2.17 bits per heavy atom. The Bertz CT molecular complexity index is 469. The number of hydrogen-bond donors (Lipinski definition) is 0. The fourth-order valence-electron chi connectivity index (χ4n) is 1.74. The van der Waals surface area contributed by atoms with E-state index in [0.717, 1.165) is 0 Å². The Kier molecular flexibility index (Phi) is 4.59. The van der Waals surface area contributed by atoms with Crippen LogP contribution in [0.2, 0.25) is 0 Å². The molecule has 0 heterocycles. The first-order valence-corrected chi connectivity index (χ1v) is 5.62. The van der Waals surface area contributed by atoms with Gasteiger partial charge in [-0.2, -0.15) is 0 Å². The second-order valence-corrected chi connectivity index (χ2v) is 4.15. The van der Waals surface area contributed by atoms with Crippen molar-refractivity contribution in [2.75, 3.05) is 11.4 Å². The van der Waals surface area contributed by atoms with E-state index in [1.807, 2.05) is 18.7 Å². The number of carbonyl (C=O) groups is 1. The molecule has 0 atom stereocenters. The van der Waals surface area contributed by atoms with Crippen molar-refractivity contribution in [1.29, 1.82) is 0 Å². The normalized spacial score (nSPS) is 10.2. The minimum Gasteiger partial charge on any atom is -0.365 e. The Morgan fingerprint density at radius 3 is 2.61 bits per heavy atom. The van der Waals surface area contributed by atoms with E-state index in [1.54, 1.807) is 12.1 Å². The molecule has 0 N–H and O–H groups in total. The molecule has 1 aromatic rings. The molecule has 0 unspecified atom stereocenters. The summed E-state index contributed by atoms with van der Waals surface area (Å²) in [6.07, 6.45) is 2.37. The molecular formula is C13H16N2O3. The largest absolute Gasteiger partial charge is 0.365 e. The maximum absolute atomic E-state index is 11.1. The molecule has 0 saturated heterocycles. The molecule has 0 aliphatic carbocycles. The first-order valence-electron chi connectivity index (χ1n) is 5.62. The Hall–Kier alpha value is -2.17. The average Bonchev–Trinajstić information content (AvgIpc) is 2.34. The minimum atomic E-state index is -0.510. The van der Waals surface area contributed by atoms with E-state index in [4.69, 9.17) is 0 Å². The molecule has 0 aromatic heterocycles. The maximum atomic E-state index is 11.1. The molecule has 1 rings (SSSR count). The Labute approximate surface area is 106 Å². The molecule has 0 radical (unpaired) electrons. The lowest BCUT2D eigenvalue weighted by Crippen LogP contribution is -2.31. The van der Waals surface area contributed by atoms with Crippen molar-refractivity contribution < 1.29 is 9.72 Å². The lowest BCUT2D eigenvalue weighted by molar-refractivity contribution is -0.384. The topological polar surface area (TPSA) is 63.4 Å². The van der Waals surface area contributed by atoms with Crippen molar-refractivity contribution in [2.24, 2.45) is 0 Å². The van der Waals surface area contributed by atoms with Crippen LogP contribution in [-0.4, -0.2) is 23.8 Å². The summed E-state index contributed by atoms with van der Waals surface area (Å²) in [5.41, 5.74) is 0.924. The summed E-state index contributed by atoms with van der Waals surface area (Å²) in [6.45, 7) is 8.22. The van der Waals surface area contributed by atoms with Crippen molar-refractivity contribution in [3.8, 4) is 0 Å². The van der Waals surface area contributed by atoms with Crippen LogP contribution in [0.3, 0.4) is 0 Å². The van der Waals surface area contributed by atoms with E-state index in [9.17, 15) is 14.9 Å². The van der Waals surface area contributed by atoms with Crippen molar-refractivity contribution in [3.63, 3.8) is 0 Å². The number of non-ortho nitro benzene ring substituents is 1. The zero-order valence-corrected chi connectivity index (χ0v) is 10.5. The van der Waals surface area contributed by atoms with E-state index in [1.165, 1.54) is 12.1 Å². The number of nitro benzene ring substituents is 1. The van der Waals surface area contributed by atoms with Crippen LogP contribution in [0.15, 0.2) is 30.9 Å². The molecule has 96 valence electrons. The van der Waals surface area contributed by atoms with Crippen LogP contribution in [-0.2, 0) is 0 Å². The monoisotopic (exact) mass is 248 g/mol. The predicted octanol–water partition coefficient (Wildman–Crippen LogP) is 2.81. The van der Waals surface area contributed by atoms with Crippen molar-refractivity contribution in [1.82, 2.24) is 0 Å². The number of rotatable bonds is 6. The van der Waals surface area contributed by atoms with Gasteiger partial charge >= 0.3 is 0 Å². The van der Waals surface area contributed by atoms with Gasteiger partial charge in [-0.25, -0.2) is 0 Å². The van der Waals surface area contributed by atoms with Gasteiger partial charge in [0, 0.05) is 36.0 Å². The van der Waals surface area contributed by atoms with Gasteiger partial charge in [-0.15, -0.1) is 6.58 Å². The molecule has 0 aliphatic heterocycles. The fourth-order valence-corrected chi connectivity index (χ4v) is 1.74. The number of hydrogen-bond acceptors (Lipinski definition) is 4. The third kappa shape index (κ3) is 2.94. The highest BCUT2D eigenvalue weighted by atomic mass is 16.6. The molecule has 18 heavy (non-hydrogen) atoms. The Morgan fingerprint density at radius 1 is 1.50 bits per heavy atom. The van der Waals surface area contributed by atoms with E-state index < -0.39 is 4.92 Å². The second kappa shape index (κ2) is 5.95. The molecule has 5 nitrogen and oxygen atoms in total. The molecular weight excluding hydrogens is 232 g/mol. The van der Waals surface area contributed by atoms with Crippen molar-refractivity contribution in [2.45, 2.75) is 19.9 Å². The van der Waals surface area contributed by atoms with Gasteiger partial charge < -0.3 is 4.90 Å². The van der Waals surface area contributed by atoms with E-state index in [-0.39, 0.29) is 11.7 Å². The van der Waals surface area contributed by atoms with Gasteiger partial charge in [-0.1, -0.05) is 6.08 Å². The van der Waals surface area contributed by atoms with Crippen LogP contribution in [0.25, 0.3) is 0 Å². The van der Waals surface area contributed by atoms with Crippen LogP contribution < -0.4 is 4.90 Å². The summed E-state index contributed by atoms with van der Waals surface area (Å²) in [4.78, 5) is 23.2. The van der Waals surface area contributed by atoms with Gasteiger partial charge in [0.15, 0.2) is 6.29 Å².